The summed E-state index contributed by atoms with van der Waals surface area (Å²) in [5, 5.41) is 9.54. The first-order valence-electron chi connectivity index (χ1n) is 14.2. The average Bonchev–Trinajstić information content (AvgIpc) is 2.93. The number of hydrogen-bond acceptors (Lipinski definition) is 5. The Hall–Kier alpha value is -3.15. The highest BCUT2D eigenvalue weighted by molar-refractivity contribution is 5.70. The van der Waals surface area contributed by atoms with Crippen LogP contribution in [0.25, 0.3) is 0 Å². The molecule has 0 aliphatic carbocycles. The van der Waals surface area contributed by atoms with Crippen LogP contribution in [0.5, 0.6) is 0 Å². The number of rotatable bonds is 21. The summed E-state index contributed by atoms with van der Waals surface area (Å²) in [6.45, 7) is 0.639. The van der Waals surface area contributed by atoms with Gasteiger partial charge < -0.3 is 14.6 Å². The molecule has 6 heteroatoms. The van der Waals surface area contributed by atoms with Gasteiger partial charge in [-0.1, -0.05) is 112 Å². The lowest BCUT2D eigenvalue weighted by Crippen LogP contribution is -2.13. The minimum Gasteiger partial charge on any atom is -0.481 e. The topological polar surface area (TPSA) is 89.9 Å². The number of benzene rings is 2. The Morgan fingerprint density at radius 2 is 0.921 bits per heavy atom. The average molecular weight is 525 g/mol. The van der Waals surface area contributed by atoms with Gasteiger partial charge in [0.05, 0.1) is 5.92 Å². The van der Waals surface area contributed by atoms with Gasteiger partial charge in [-0.15, -0.1) is 0 Å². The molecule has 2 aromatic carbocycles. The Kier molecular flexibility index (Phi) is 16.3. The molecule has 2 rings (SSSR count). The van der Waals surface area contributed by atoms with Crippen LogP contribution in [0.15, 0.2) is 60.7 Å². The molecule has 0 aliphatic heterocycles. The Labute approximate surface area is 227 Å². The zero-order valence-corrected chi connectivity index (χ0v) is 22.7. The van der Waals surface area contributed by atoms with E-state index >= 15 is 0 Å². The zero-order valence-electron chi connectivity index (χ0n) is 22.7. The second kappa shape index (κ2) is 19.9. The molecule has 0 saturated heterocycles. The van der Waals surface area contributed by atoms with Crippen LogP contribution in [0.3, 0.4) is 0 Å². The van der Waals surface area contributed by atoms with Gasteiger partial charge in [0.15, 0.2) is 0 Å². The third kappa shape index (κ3) is 15.2. The maximum absolute atomic E-state index is 11.9. The predicted octanol–water partition coefficient (Wildman–Crippen LogP) is 7.64. The second-order valence-electron chi connectivity index (χ2n) is 9.94. The third-order valence-corrected chi connectivity index (χ3v) is 6.70. The van der Waals surface area contributed by atoms with Crippen molar-refractivity contribution in [3.8, 4) is 0 Å². The summed E-state index contributed by atoms with van der Waals surface area (Å²) in [6, 6.07) is 19.3. The number of esters is 2. The Morgan fingerprint density at radius 3 is 1.32 bits per heavy atom. The number of hydrogen-bond donors (Lipinski definition) is 1. The number of carboxylic acids is 1. The summed E-state index contributed by atoms with van der Waals surface area (Å²) in [5.74, 6) is -1.31. The summed E-state index contributed by atoms with van der Waals surface area (Å²) in [7, 11) is 0. The van der Waals surface area contributed by atoms with Crippen LogP contribution >= 0.6 is 0 Å². The van der Waals surface area contributed by atoms with Crippen LogP contribution in [-0.4, -0.2) is 23.0 Å². The van der Waals surface area contributed by atoms with Gasteiger partial charge in [0.25, 0.3) is 0 Å². The highest BCUT2D eigenvalue weighted by Gasteiger charge is 2.16. The van der Waals surface area contributed by atoms with Gasteiger partial charge in [0.2, 0.25) is 0 Å². The van der Waals surface area contributed by atoms with Gasteiger partial charge in [-0.2, -0.15) is 0 Å². The van der Waals surface area contributed by atoms with Crippen molar-refractivity contribution in [3.05, 3.63) is 71.8 Å². The minimum atomic E-state index is -0.702. The Balaban J connectivity index is 1.40. The fourth-order valence-electron chi connectivity index (χ4n) is 4.39. The van der Waals surface area contributed by atoms with Gasteiger partial charge >= 0.3 is 17.9 Å². The van der Waals surface area contributed by atoms with Crippen molar-refractivity contribution < 1.29 is 29.0 Å². The van der Waals surface area contributed by atoms with E-state index in [0.29, 0.717) is 38.9 Å². The van der Waals surface area contributed by atoms with E-state index < -0.39 is 5.97 Å². The molecule has 6 nitrogen and oxygen atoms in total. The highest BCUT2D eigenvalue weighted by Crippen LogP contribution is 2.20. The molecule has 0 radical (unpaired) electrons. The van der Waals surface area contributed by atoms with Crippen molar-refractivity contribution in [2.45, 2.75) is 103 Å². The summed E-state index contributed by atoms with van der Waals surface area (Å²) in [4.78, 5) is 35.3. The number of unbranched alkanes of at least 4 members (excludes halogenated alkanes) is 8. The number of carboxylic acid groups (broad SMARTS) is 1. The summed E-state index contributed by atoms with van der Waals surface area (Å²) in [5.41, 5.74) is 1.98. The quantitative estimate of drug-likeness (QED) is 0.133. The summed E-state index contributed by atoms with van der Waals surface area (Å²) >= 11 is 0. The molecule has 0 spiro atoms. The van der Waals surface area contributed by atoms with E-state index in [4.69, 9.17) is 9.47 Å². The monoisotopic (exact) mass is 524 g/mol. The molecular formula is C32H44O6. The highest BCUT2D eigenvalue weighted by atomic mass is 16.5. The van der Waals surface area contributed by atoms with Crippen molar-refractivity contribution >= 4 is 17.9 Å². The van der Waals surface area contributed by atoms with E-state index in [1.165, 1.54) is 0 Å². The van der Waals surface area contributed by atoms with E-state index in [9.17, 15) is 19.5 Å². The van der Waals surface area contributed by atoms with Gasteiger partial charge in [0, 0.05) is 12.8 Å². The number of aliphatic carboxylic acids is 1. The van der Waals surface area contributed by atoms with Gasteiger partial charge in [-0.25, -0.2) is 0 Å². The zero-order chi connectivity index (χ0) is 27.3. The van der Waals surface area contributed by atoms with Crippen molar-refractivity contribution in [2.24, 2.45) is 5.92 Å². The van der Waals surface area contributed by atoms with E-state index in [-0.39, 0.29) is 17.9 Å². The van der Waals surface area contributed by atoms with Crippen molar-refractivity contribution in [3.63, 3.8) is 0 Å². The maximum atomic E-state index is 11.9. The summed E-state index contributed by atoms with van der Waals surface area (Å²) in [6.07, 6.45) is 11.6. The molecule has 0 bridgehead atoms. The van der Waals surface area contributed by atoms with Crippen molar-refractivity contribution in [1.82, 2.24) is 0 Å². The second-order valence-corrected chi connectivity index (χ2v) is 9.94. The van der Waals surface area contributed by atoms with E-state index in [1.807, 2.05) is 60.7 Å². The third-order valence-electron chi connectivity index (χ3n) is 6.70. The molecule has 38 heavy (non-hydrogen) atoms. The van der Waals surface area contributed by atoms with Crippen LogP contribution in [-0.2, 0) is 37.1 Å². The van der Waals surface area contributed by atoms with E-state index in [1.54, 1.807) is 0 Å². The lowest BCUT2D eigenvalue weighted by atomic mass is 9.94. The van der Waals surface area contributed by atoms with Gasteiger partial charge in [-0.05, 0) is 36.8 Å². The minimum absolute atomic E-state index is 0.164. The molecule has 208 valence electrons. The fraction of sp³-hybridized carbons (Fsp3) is 0.531. The van der Waals surface area contributed by atoms with E-state index in [0.717, 1.165) is 75.3 Å². The largest absolute Gasteiger partial charge is 0.481 e. The molecular weight excluding hydrogens is 480 g/mol. The molecule has 0 aliphatic rings. The first-order chi connectivity index (χ1) is 18.5. The summed E-state index contributed by atoms with van der Waals surface area (Å²) < 4.78 is 10.6. The van der Waals surface area contributed by atoms with Crippen LogP contribution < -0.4 is 0 Å². The molecule has 2 aromatic rings. The van der Waals surface area contributed by atoms with E-state index in [2.05, 4.69) is 0 Å². The molecule has 0 aromatic heterocycles. The van der Waals surface area contributed by atoms with Crippen molar-refractivity contribution in [2.75, 3.05) is 0 Å². The predicted molar refractivity (Wildman–Crippen MR) is 148 cm³/mol. The van der Waals surface area contributed by atoms with Crippen LogP contribution in [0.2, 0.25) is 0 Å². The Morgan fingerprint density at radius 1 is 0.553 bits per heavy atom. The normalized spacial score (nSPS) is 10.9. The number of carbonyl (C=O) groups is 3. The molecule has 0 heterocycles. The molecule has 0 unspecified atom stereocenters. The maximum Gasteiger partial charge on any atom is 0.306 e. The van der Waals surface area contributed by atoms with Gasteiger partial charge in [0.1, 0.15) is 13.2 Å². The number of carbonyl (C=O) groups excluding carboxylic acids is 2. The lowest BCUT2D eigenvalue weighted by Gasteiger charge is -2.12. The van der Waals surface area contributed by atoms with Crippen molar-refractivity contribution in [1.29, 1.82) is 0 Å². The first kappa shape index (κ1) is 31.1. The van der Waals surface area contributed by atoms with Crippen LogP contribution in [0.4, 0.5) is 0 Å². The molecule has 0 atom stereocenters. The van der Waals surface area contributed by atoms with Crippen LogP contribution in [0.1, 0.15) is 101 Å². The Bertz CT molecular complexity index is 843. The van der Waals surface area contributed by atoms with Gasteiger partial charge in [-0.3, -0.25) is 14.4 Å². The number of ether oxygens (including phenoxy) is 2. The lowest BCUT2D eigenvalue weighted by molar-refractivity contribution is -0.146. The SMILES string of the molecule is O=C(CCCCCCCC(CCCCCCCC(=O)OCc1ccccc1)C(=O)O)OCc1ccccc1. The van der Waals surface area contributed by atoms with Crippen LogP contribution in [0, 0.1) is 5.92 Å². The molecule has 0 saturated carbocycles. The molecule has 0 fully saturated rings. The first-order valence-corrected chi connectivity index (χ1v) is 14.2. The fourth-order valence-corrected chi connectivity index (χ4v) is 4.39. The molecule has 0 amide bonds. The smallest absolute Gasteiger partial charge is 0.306 e. The standard InChI is InChI=1S/C32H44O6/c33-30(37-25-27-17-9-7-10-18-27)23-15-5-1-3-13-21-29(32(35)36)22-14-4-2-6-16-24-31(34)38-26-28-19-11-8-12-20-28/h7-12,17-20,29H,1-6,13-16,21-26H2,(H,35,36). The molecule has 1 N–H and O–H groups in total.